The fraction of sp³-hybridized carbons (Fsp3) is 0.227. The number of hydrogen-bond donors (Lipinski definition) is 1. The summed E-state index contributed by atoms with van der Waals surface area (Å²) in [6.45, 7) is 6.63. The molecule has 0 saturated carbocycles. The first-order valence-corrected chi connectivity index (χ1v) is 9.50. The molecule has 0 aliphatic heterocycles. The zero-order valence-corrected chi connectivity index (χ0v) is 16.6. The third-order valence-electron chi connectivity index (χ3n) is 4.62. The van der Waals surface area contributed by atoms with Crippen LogP contribution in [0, 0.1) is 11.3 Å². The predicted molar refractivity (Wildman–Crippen MR) is 113 cm³/mol. The molecule has 2 heterocycles. The largest absolute Gasteiger partial charge is 0.331 e. The maximum Gasteiger partial charge on any atom is 0.329 e. The number of pyridine rings is 1. The first kappa shape index (κ1) is 20.7. The smallest absolute Gasteiger partial charge is 0.329 e. The molecular formula is C22H21N5O3. The Kier molecular flexibility index (Phi) is 6.23. The first-order valence-electron chi connectivity index (χ1n) is 9.50. The van der Waals surface area contributed by atoms with Gasteiger partial charge >= 0.3 is 5.69 Å². The van der Waals surface area contributed by atoms with E-state index in [4.69, 9.17) is 5.26 Å². The molecule has 0 aliphatic rings. The Morgan fingerprint density at radius 1 is 1.33 bits per heavy atom. The van der Waals surface area contributed by atoms with Gasteiger partial charge in [0.15, 0.2) is 0 Å². The standard InChI is InChI=1S/C22H21N5O3/c1-3-9-26(14-16-7-5-15(12-23)6-8-16)21(29)17-11-18-19(24-13-17)27(10-4-2)22(30)25-20(18)28/h3,5-8,11,13H,1,4,9-10,14H2,2H3,(H,25,28,30). The van der Waals surface area contributed by atoms with Gasteiger partial charge in [0.1, 0.15) is 5.65 Å². The number of fused-ring (bicyclic) bond motifs is 1. The zero-order valence-electron chi connectivity index (χ0n) is 16.6. The summed E-state index contributed by atoms with van der Waals surface area (Å²) in [5.74, 6) is -0.318. The van der Waals surface area contributed by atoms with Crippen molar-refractivity contribution in [2.45, 2.75) is 26.4 Å². The second-order valence-corrected chi connectivity index (χ2v) is 6.79. The van der Waals surface area contributed by atoms with Crippen LogP contribution in [0.3, 0.4) is 0 Å². The van der Waals surface area contributed by atoms with Gasteiger partial charge in [-0.3, -0.25) is 19.1 Å². The van der Waals surface area contributed by atoms with Crippen molar-refractivity contribution in [1.29, 1.82) is 5.26 Å². The van der Waals surface area contributed by atoms with Crippen LogP contribution < -0.4 is 11.2 Å². The van der Waals surface area contributed by atoms with Crippen molar-refractivity contribution in [2.75, 3.05) is 6.54 Å². The third-order valence-corrected chi connectivity index (χ3v) is 4.62. The average Bonchev–Trinajstić information content (AvgIpc) is 2.76. The van der Waals surface area contributed by atoms with E-state index in [1.54, 1.807) is 35.2 Å². The third kappa shape index (κ3) is 4.20. The molecule has 0 aliphatic carbocycles. The molecule has 0 radical (unpaired) electrons. The Balaban J connectivity index is 1.98. The molecule has 1 aromatic carbocycles. The zero-order chi connectivity index (χ0) is 21.7. The van der Waals surface area contributed by atoms with Crippen LogP contribution in [0.1, 0.15) is 34.8 Å². The highest BCUT2D eigenvalue weighted by molar-refractivity contribution is 5.96. The second-order valence-electron chi connectivity index (χ2n) is 6.79. The van der Waals surface area contributed by atoms with E-state index in [1.807, 2.05) is 6.92 Å². The lowest BCUT2D eigenvalue weighted by Gasteiger charge is -2.21. The average molecular weight is 403 g/mol. The van der Waals surface area contributed by atoms with Gasteiger partial charge in [-0.05, 0) is 30.2 Å². The number of aromatic nitrogens is 3. The summed E-state index contributed by atoms with van der Waals surface area (Å²) in [7, 11) is 0. The van der Waals surface area contributed by atoms with E-state index in [-0.39, 0.29) is 22.5 Å². The van der Waals surface area contributed by atoms with E-state index in [0.717, 1.165) is 5.56 Å². The van der Waals surface area contributed by atoms with Gasteiger partial charge in [0.05, 0.1) is 22.6 Å². The number of aryl methyl sites for hydroxylation is 1. The van der Waals surface area contributed by atoms with Crippen LogP contribution in [0.15, 0.2) is 58.8 Å². The SMILES string of the molecule is C=CCN(Cc1ccc(C#N)cc1)C(=O)c1cnc2c(c1)c(=O)[nH]c(=O)n2CCC. The number of carbonyl (C=O) groups excluding carboxylic acids is 1. The summed E-state index contributed by atoms with van der Waals surface area (Å²) in [6.07, 6.45) is 3.69. The minimum absolute atomic E-state index is 0.186. The van der Waals surface area contributed by atoms with Gasteiger partial charge in [0.25, 0.3) is 11.5 Å². The quantitative estimate of drug-likeness (QED) is 0.608. The summed E-state index contributed by atoms with van der Waals surface area (Å²) in [5, 5.41) is 9.11. The fourth-order valence-electron chi connectivity index (χ4n) is 3.18. The van der Waals surface area contributed by atoms with Gasteiger partial charge in [0.2, 0.25) is 0 Å². The minimum Gasteiger partial charge on any atom is -0.331 e. The van der Waals surface area contributed by atoms with Crippen molar-refractivity contribution in [3.05, 3.63) is 86.7 Å². The maximum atomic E-state index is 13.1. The molecule has 2 aromatic heterocycles. The molecule has 0 saturated heterocycles. The molecule has 0 fully saturated rings. The molecule has 30 heavy (non-hydrogen) atoms. The van der Waals surface area contributed by atoms with Crippen LogP contribution in [-0.4, -0.2) is 31.9 Å². The number of aromatic amines is 1. The summed E-state index contributed by atoms with van der Waals surface area (Å²) in [4.78, 5) is 45.6. The lowest BCUT2D eigenvalue weighted by molar-refractivity contribution is 0.0762. The Labute approximate surface area is 172 Å². The van der Waals surface area contributed by atoms with E-state index in [1.165, 1.54) is 16.8 Å². The Hall–Kier alpha value is -3.99. The highest BCUT2D eigenvalue weighted by Gasteiger charge is 2.18. The Morgan fingerprint density at radius 2 is 2.07 bits per heavy atom. The van der Waals surface area contributed by atoms with Crippen LogP contribution in [0.5, 0.6) is 0 Å². The monoisotopic (exact) mass is 403 g/mol. The van der Waals surface area contributed by atoms with Crippen molar-refractivity contribution in [3.63, 3.8) is 0 Å². The number of nitrogens with zero attached hydrogens (tertiary/aromatic N) is 4. The molecular weight excluding hydrogens is 382 g/mol. The lowest BCUT2D eigenvalue weighted by atomic mass is 10.1. The van der Waals surface area contributed by atoms with Crippen molar-refractivity contribution in [3.8, 4) is 6.07 Å². The van der Waals surface area contributed by atoms with E-state index in [2.05, 4.69) is 22.6 Å². The van der Waals surface area contributed by atoms with Crippen molar-refractivity contribution < 1.29 is 4.79 Å². The summed E-state index contributed by atoms with van der Waals surface area (Å²) in [6, 6.07) is 10.5. The number of H-pyrrole nitrogens is 1. The van der Waals surface area contributed by atoms with Crippen LogP contribution >= 0.6 is 0 Å². The molecule has 8 heteroatoms. The number of nitriles is 1. The van der Waals surface area contributed by atoms with Gasteiger partial charge in [-0.15, -0.1) is 6.58 Å². The Morgan fingerprint density at radius 3 is 2.70 bits per heavy atom. The number of hydrogen-bond acceptors (Lipinski definition) is 5. The van der Waals surface area contributed by atoms with Crippen LogP contribution in [0.4, 0.5) is 0 Å². The normalized spacial score (nSPS) is 10.5. The number of nitrogens with one attached hydrogen (secondary N) is 1. The molecule has 0 atom stereocenters. The van der Waals surface area contributed by atoms with Gasteiger partial charge in [0, 0.05) is 25.8 Å². The van der Waals surface area contributed by atoms with E-state index in [9.17, 15) is 14.4 Å². The lowest BCUT2D eigenvalue weighted by Crippen LogP contribution is -2.33. The summed E-state index contributed by atoms with van der Waals surface area (Å²) < 4.78 is 1.39. The van der Waals surface area contributed by atoms with Crippen LogP contribution in [0.25, 0.3) is 11.0 Å². The molecule has 1 N–H and O–H groups in total. The topological polar surface area (TPSA) is 112 Å². The molecule has 1 amide bonds. The van der Waals surface area contributed by atoms with Gasteiger partial charge in [-0.1, -0.05) is 25.1 Å². The molecule has 0 bridgehead atoms. The van der Waals surface area contributed by atoms with Gasteiger partial charge < -0.3 is 4.90 Å². The molecule has 0 spiro atoms. The second kappa shape index (κ2) is 9.01. The summed E-state index contributed by atoms with van der Waals surface area (Å²) in [5.41, 5.74) is 0.792. The summed E-state index contributed by atoms with van der Waals surface area (Å²) >= 11 is 0. The first-order chi connectivity index (χ1) is 14.5. The highest BCUT2D eigenvalue weighted by atomic mass is 16.2. The number of rotatable bonds is 7. The van der Waals surface area contributed by atoms with Crippen molar-refractivity contribution >= 4 is 16.9 Å². The van der Waals surface area contributed by atoms with E-state index >= 15 is 0 Å². The van der Waals surface area contributed by atoms with E-state index in [0.29, 0.717) is 31.6 Å². The number of amides is 1. The predicted octanol–water partition coefficient (Wildman–Crippen LogP) is 2.19. The van der Waals surface area contributed by atoms with E-state index < -0.39 is 11.2 Å². The molecule has 0 unspecified atom stereocenters. The highest BCUT2D eigenvalue weighted by Crippen LogP contribution is 2.14. The molecule has 3 rings (SSSR count). The van der Waals surface area contributed by atoms with Gasteiger partial charge in [-0.25, -0.2) is 9.78 Å². The Bertz CT molecular complexity index is 1250. The van der Waals surface area contributed by atoms with Crippen molar-refractivity contribution in [2.24, 2.45) is 0 Å². The molecule has 3 aromatic rings. The minimum atomic E-state index is -0.577. The van der Waals surface area contributed by atoms with Crippen molar-refractivity contribution in [1.82, 2.24) is 19.4 Å². The maximum absolute atomic E-state index is 13.1. The molecule has 8 nitrogen and oxygen atoms in total. The van der Waals surface area contributed by atoms with Crippen LogP contribution in [0.2, 0.25) is 0 Å². The fourth-order valence-corrected chi connectivity index (χ4v) is 3.18. The van der Waals surface area contributed by atoms with Gasteiger partial charge in [-0.2, -0.15) is 5.26 Å². The number of carbonyl (C=O) groups is 1. The number of benzene rings is 1. The molecule has 152 valence electrons. The van der Waals surface area contributed by atoms with Crippen LogP contribution in [-0.2, 0) is 13.1 Å².